The van der Waals surface area contributed by atoms with Crippen LogP contribution in [-0.4, -0.2) is 14.4 Å². The second-order valence-electron chi connectivity index (χ2n) is 8.37. The highest BCUT2D eigenvalue weighted by Crippen LogP contribution is 2.37. The summed E-state index contributed by atoms with van der Waals surface area (Å²) in [5.41, 5.74) is 1.43. The van der Waals surface area contributed by atoms with Gasteiger partial charge in [-0.05, 0) is 62.7 Å². The molecule has 1 aromatic rings. The number of aryl methyl sites for hydroxylation is 1. The summed E-state index contributed by atoms with van der Waals surface area (Å²) in [4.78, 5) is 0. The Hall–Kier alpha value is -1.12. The van der Waals surface area contributed by atoms with Gasteiger partial charge in [-0.25, -0.2) is 0 Å². The van der Waals surface area contributed by atoms with Crippen LogP contribution in [0.4, 0.5) is 0 Å². The van der Waals surface area contributed by atoms with E-state index < -0.39 is 8.32 Å². The Labute approximate surface area is 157 Å². The molecule has 0 saturated heterocycles. The highest BCUT2D eigenvalue weighted by Gasteiger charge is 2.38. The first-order chi connectivity index (χ1) is 11.8. The fraction of sp³-hybridized carbons (Fsp3) is 0.565. The molecule has 25 heavy (non-hydrogen) atoms. The van der Waals surface area contributed by atoms with Crippen LogP contribution in [0.1, 0.15) is 58.9 Å². The predicted octanol–water partition coefficient (Wildman–Crippen LogP) is 7.31. The van der Waals surface area contributed by atoms with Gasteiger partial charge in [0.2, 0.25) is 0 Å². The highest BCUT2D eigenvalue weighted by atomic mass is 28.4. The largest absolute Gasteiger partial charge is 0.411 e. The van der Waals surface area contributed by atoms with E-state index in [9.17, 15) is 0 Å². The fourth-order valence-electron chi connectivity index (χ4n) is 2.49. The third-order valence-corrected chi connectivity index (χ3v) is 9.64. The van der Waals surface area contributed by atoms with E-state index in [0.717, 1.165) is 25.7 Å². The minimum atomic E-state index is -1.72. The van der Waals surface area contributed by atoms with Crippen molar-refractivity contribution in [2.24, 2.45) is 0 Å². The molecule has 1 atom stereocenters. The quantitative estimate of drug-likeness (QED) is 0.242. The standard InChI is InChI=1S/C23H38OSi/c1-7-8-11-19-22(24-25(5,6)23(2,3)4)20-15-10-14-18-21-16-12-9-13-17-21/h7-9,12-13,15-17,20,22H,10-11,14,18-19H2,1-6H3/b8-7+,20-15+. The van der Waals surface area contributed by atoms with Crippen LogP contribution >= 0.6 is 0 Å². The van der Waals surface area contributed by atoms with Crippen LogP contribution in [0, 0.1) is 0 Å². The molecule has 0 aliphatic carbocycles. The second kappa shape index (κ2) is 10.8. The number of allylic oxidation sites excluding steroid dienone is 3. The van der Waals surface area contributed by atoms with Gasteiger partial charge < -0.3 is 4.43 Å². The van der Waals surface area contributed by atoms with Crippen LogP contribution in [0.15, 0.2) is 54.6 Å². The molecule has 0 aliphatic heterocycles. The van der Waals surface area contributed by atoms with Crippen molar-refractivity contribution in [1.82, 2.24) is 0 Å². The molecule has 0 fully saturated rings. The smallest absolute Gasteiger partial charge is 0.192 e. The molecule has 0 heterocycles. The van der Waals surface area contributed by atoms with Crippen LogP contribution in [0.5, 0.6) is 0 Å². The van der Waals surface area contributed by atoms with Crippen LogP contribution < -0.4 is 0 Å². The predicted molar refractivity (Wildman–Crippen MR) is 115 cm³/mol. The van der Waals surface area contributed by atoms with Crippen LogP contribution in [0.3, 0.4) is 0 Å². The molecule has 0 aliphatic rings. The van der Waals surface area contributed by atoms with Gasteiger partial charge in [-0.15, -0.1) is 0 Å². The first-order valence-corrected chi connectivity index (χ1v) is 12.7. The molecule has 0 spiro atoms. The summed E-state index contributed by atoms with van der Waals surface area (Å²) in [5.74, 6) is 0. The summed E-state index contributed by atoms with van der Waals surface area (Å²) in [7, 11) is -1.72. The third kappa shape index (κ3) is 8.69. The molecule has 0 amide bonds. The van der Waals surface area contributed by atoms with Gasteiger partial charge in [0.05, 0.1) is 6.10 Å². The zero-order valence-corrected chi connectivity index (χ0v) is 18.2. The molecular formula is C23H38OSi. The van der Waals surface area contributed by atoms with Gasteiger partial charge in [0.15, 0.2) is 8.32 Å². The van der Waals surface area contributed by atoms with E-state index >= 15 is 0 Å². The molecule has 1 aromatic carbocycles. The van der Waals surface area contributed by atoms with E-state index in [1.807, 2.05) is 0 Å². The lowest BCUT2D eigenvalue weighted by Gasteiger charge is -2.38. The highest BCUT2D eigenvalue weighted by molar-refractivity contribution is 6.74. The van der Waals surface area contributed by atoms with Crippen LogP contribution in [-0.2, 0) is 10.8 Å². The lowest BCUT2D eigenvalue weighted by Crippen LogP contribution is -2.43. The second-order valence-corrected chi connectivity index (χ2v) is 13.1. The van der Waals surface area contributed by atoms with Crippen LogP contribution in [0.25, 0.3) is 0 Å². The van der Waals surface area contributed by atoms with Crippen molar-refractivity contribution >= 4 is 8.32 Å². The lowest BCUT2D eigenvalue weighted by atomic mass is 10.1. The molecule has 0 saturated carbocycles. The van der Waals surface area contributed by atoms with Gasteiger partial charge in [-0.3, -0.25) is 0 Å². The monoisotopic (exact) mass is 358 g/mol. The third-order valence-electron chi connectivity index (χ3n) is 5.14. The molecular weight excluding hydrogens is 320 g/mol. The maximum absolute atomic E-state index is 6.63. The maximum Gasteiger partial charge on any atom is 0.192 e. The Morgan fingerprint density at radius 1 is 1.04 bits per heavy atom. The number of unbranched alkanes of at least 4 members (excludes halogenated alkanes) is 1. The topological polar surface area (TPSA) is 9.23 Å². The normalized spacial score (nSPS) is 14.5. The van der Waals surface area contributed by atoms with Crippen molar-refractivity contribution < 1.29 is 4.43 Å². The van der Waals surface area contributed by atoms with Gasteiger partial charge in [-0.2, -0.15) is 0 Å². The molecule has 0 aromatic heterocycles. The van der Waals surface area contributed by atoms with Crippen molar-refractivity contribution in [2.45, 2.75) is 84.0 Å². The molecule has 2 heteroatoms. The molecule has 0 radical (unpaired) electrons. The zero-order valence-electron chi connectivity index (χ0n) is 17.2. The van der Waals surface area contributed by atoms with E-state index in [-0.39, 0.29) is 11.1 Å². The van der Waals surface area contributed by atoms with Gasteiger partial charge in [0.25, 0.3) is 0 Å². The van der Waals surface area contributed by atoms with Crippen molar-refractivity contribution in [2.75, 3.05) is 0 Å². The average molecular weight is 359 g/mol. The number of rotatable bonds is 10. The Kier molecular flexibility index (Phi) is 9.45. The molecule has 1 unspecified atom stereocenters. The van der Waals surface area contributed by atoms with Gasteiger partial charge in [0, 0.05) is 0 Å². The van der Waals surface area contributed by atoms with Crippen molar-refractivity contribution in [3.63, 3.8) is 0 Å². The Balaban J connectivity index is 2.54. The summed E-state index contributed by atoms with van der Waals surface area (Å²) < 4.78 is 6.63. The molecule has 0 N–H and O–H groups in total. The minimum absolute atomic E-state index is 0.244. The first kappa shape index (κ1) is 21.9. The average Bonchev–Trinajstić information content (AvgIpc) is 2.54. The van der Waals surface area contributed by atoms with Crippen molar-refractivity contribution in [3.8, 4) is 0 Å². The number of hydrogen-bond acceptors (Lipinski definition) is 1. The molecule has 140 valence electrons. The van der Waals surface area contributed by atoms with E-state index in [2.05, 4.69) is 95.4 Å². The Bertz CT molecular complexity index is 523. The molecule has 0 bridgehead atoms. The summed E-state index contributed by atoms with van der Waals surface area (Å²) in [5, 5.41) is 0.257. The van der Waals surface area contributed by atoms with Crippen LogP contribution in [0.2, 0.25) is 18.1 Å². The van der Waals surface area contributed by atoms with Gasteiger partial charge in [0.1, 0.15) is 0 Å². The zero-order chi connectivity index (χ0) is 18.8. The fourth-order valence-corrected chi connectivity index (χ4v) is 3.80. The van der Waals surface area contributed by atoms with Crippen molar-refractivity contribution in [1.29, 1.82) is 0 Å². The summed E-state index contributed by atoms with van der Waals surface area (Å²) in [6, 6.07) is 10.7. The van der Waals surface area contributed by atoms with Gasteiger partial charge in [-0.1, -0.05) is 75.4 Å². The SMILES string of the molecule is C/C=C/CCC(/C=C/CCCc1ccccc1)O[Si](C)(C)C(C)(C)C. The molecule has 1 nitrogen and oxygen atoms in total. The summed E-state index contributed by atoms with van der Waals surface area (Å²) in [6.45, 7) is 13.7. The van der Waals surface area contributed by atoms with E-state index in [4.69, 9.17) is 4.43 Å². The molecule has 1 rings (SSSR count). The number of benzene rings is 1. The number of hydrogen-bond donors (Lipinski definition) is 0. The van der Waals surface area contributed by atoms with E-state index in [1.54, 1.807) is 0 Å². The summed E-state index contributed by atoms with van der Waals surface area (Å²) >= 11 is 0. The Morgan fingerprint density at radius 3 is 2.32 bits per heavy atom. The van der Waals surface area contributed by atoms with Gasteiger partial charge >= 0.3 is 0 Å². The lowest BCUT2D eigenvalue weighted by molar-refractivity contribution is 0.216. The Morgan fingerprint density at radius 2 is 1.72 bits per heavy atom. The van der Waals surface area contributed by atoms with E-state index in [1.165, 1.54) is 12.0 Å². The minimum Gasteiger partial charge on any atom is -0.411 e. The maximum atomic E-state index is 6.63. The first-order valence-electron chi connectivity index (χ1n) is 9.76. The van der Waals surface area contributed by atoms with E-state index in [0.29, 0.717) is 0 Å². The van der Waals surface area contributed by atoms with Crippen molar-refractivity contribution in [3.05, 3.63) is 60.2 Å². The summed E-state index contributed by atoms with van der Waals surface area (Å²) in [6.07, 6.45) is 14.9.